The summed E-state index contributed by atoms with van der Waals surface area (Å²) in [6, 6.07) is 0. The van der Waals surface area contributed by atoms with E-state index in [1.54, 1.807) is 0 Å². The molecule has 0 aromatic rings. The van der Waals surface area contributed by atoms with Crippen LogP contribution in [-0.4, -0.2) is 50.3 Å². The van der Waals surface area contributed by atoms with Gasteiger partial charge in [-0.3, -0.25) is 4.55 Å². The third-order valence-corrected chi connectivity index (χ3v) is 0. The monoisotopic (exact) mass is 244 g/mol. The van der Waals surface area contributed by atoms with Crippen LogP contribution in [0.2, 0.25) is 0 Å². The Bertz CT molecular complexity index is 213. The first kappa shape index (κ1) is 23.3. The zero-order valence-electron chi connectivity index (χ0n) is 6.69. The quantitative estimate of drug-likeness (QED) is 0.162. The van der Waals surface area contributed by atoms with Crippen molar-refractivity contribution in [1.29, 1.82) is 0 Å². The molecule has 0 aliphatic rings. The van der Waals surface area contributed by atoms with Crippen molar-refractivity contribution in [3.8, 4) is 0 Å². The average Bonchev–Trinajstić information content (AvgIpc) is 1.50. The molecule has 0 spiro atoms. The normalized spacial score (nSPS) is 7.57. The summed E-state index contributed by atoms with van der Waals surface area (Å²) < 4.78 is 32.8. The Morgan fingerprint density at radius 2 is 0.929 bits per heavy atom. The summed E-state index contributed by atoms with van der Waals surface area (Å²) in [4.78, 5) is 17.1. The fourth-order valence-corrected chi connectivity index (χ4v) is 0. The van der Waals surface area contributed by atoms with Crippen molar-refractivity contribution in [1.82, 2.24) is 0 Å². The van der Waals surface area contributed by atoms with E-state index in [9.17, 15) is 0 Å². The van der Waals surface area contributed by atoms with Crippen molar-refractivity contribution >= 4 is 22.7 Å². The maximum atomic E-state index is 8.63. The molecule has 0 saturated heterocycles. The summed E-state index contributed by atoms with van der Waals surface area (Å²) in [6.07, 6.45) is -3.67. The largest absolute Gasteiger partial charge is 1.00 e. The molecule has 12 heteroatoms. The summed E-state index contributed by atoms with van der Waals surface area (Å²) in [7, 11) is -4.92. The molecule has 0 amide bonds. The first-order valence-electron chi connectivity index (χ1n) is 1.99. The van der Waals surface area contributed by atoms with E-state index < -0.39 is 22.7 Å². The number of carboxylic acid groups (broad SMARTS) is 4. The fraction of sp³-hybridized carbons (Fsp3) is 0. The minimum Gasteiger partial charge on any atom is -0.726 e. The molecule has 0 fully saturated rings. The van der Waals surface area contributed by atoms with Crippen molar-refractivity contribution in [3.05, 3.63) is 0 Å². The molecule has 0 saturated carbocycles. The zero-order valence-corrected chi connectivity index (χ0v) is 9.50. The molecule has 0 aliphatic carbocycles. The molecule has 14 heavy (non-hydrogen) atoms. The van der Waals surface area contributed by atoms with Crippen LogP contribution in [0.3, 0.4) is 0 Å². The number of rotatable bonds is 0. The predicted molar refractivity (Wildman–Crippen MR) is 33.6 cm³/mol. The van der Waals surface area contributed by atoms with Gasteiger partial charge in [-0.15, -0.1) is 0 Å². The van der Waals surface area contributed by atoms with Gasteiger partial charge in [-0.05, 0) is 0 Å². The van der Waals surface area contributed by atoms with Crippen LogP contribution < -0.4 is 29.6 Å². The van der Waals surface area contributed by atoms with Gasteiger partial charge in [0.05, 0.1) is 0 Å². The standard InChI is InChI=1S/2CH2O3.Na.H2O4S/c2*2-1(3)4;;1-5(2,3)4/h2*(H2,2,3,4);;(H2,1,2,3,4)/q;;+1;/p-1. The predicted octanol–water partition coefficient (Wildman–Crippen LogP) is -3.55. The molecule has 0 heterocycles. The third-order valence-electron chi connectivity index (χ3n) is 0. The van der Waals surface area contributed by atoms with E-state index in [-0.39, 0.29) is 29.6 Å². The van der Waals surface area contributed by atoms with Crippen LogP contribution in [0.25, 0.3) is 0 Å². The molecule has 80 valence electrons. The Labute approximate surface area is 99.7 Å². The number of hydrogen-bond acceptors (Lipinski definition) is 5. The molecular weight excluding hydrogens is 239 g/mol. The summed E-state index contributed by atoms with van der Waals surface area (Å²) >= 11 is 0. The van der Waals surface area contributed by atoms with Crippen LogP contribution in [-0.2, 0) is 10.4 Å². The van der Waals surface area contributed by atoms with Gasteiger partial charge in [-0.25, -0.2) is 18.0 Å². The van der Waals surface area contributed by atoms with Crippen molar-refractivity contribution in [2.24, 2.45) is 0 Å². The van der Waals surface area contributed by atoms with Gasteiger partial charge in [0.15, 0.2) is 0 Å². The fourth-order valence-electron chi connectivity index (χ4n) is 0. The number of carbonyl (C=O) groups is 2. The summed E-state index contributed by atoms with van der Waals surface area (Å²) in [6.45, 7) is 0. The molecule has 0 atom stereocenters. The van der Waals surface area contributed by atoms with E-state index in [1.165, 1.54) is 0 Å². The first-order chi connectivity index (χ1) is 5.46. The molecule has 0 bridgehead atoms. The van der Waals surface area contributed by atoms with Gasteiger partial charge in [0.1, 0.15) is 0 Å². The van der Waals surface area contributed by atoms with Gasteiger partial charge in [0, 0.05) is 0 Å². The van der Waals surface area contributed by atoms with Crippen molar-refractivity contribution in [2.45, 2.75) is 0 Å². The van der Waals surface area contributed by atoms with E-state index in [2.05, 4.69) is 0 Å². The van der Waals surface area contributed by atoms with E-state index in [1.807, 2.05) is 0 Å². The van der Waals surface area contributed by atoms with E-state index in [4.69, 9.17) is 47.5 Å². The Hall–Kier alpha value is -0.590. The van der Waals surface area contributed by atoms with E-state index in [0.717, 1.165) is 0 Å². The zero-order chi connectivity index (χ0) is 11.7. The van der Waals surface area contributed by atoms with Gasteiger partial charge in [0.2, 0.25) is 10.4 Å². The molecule has 0 aromatic heterocycles. The second kappa shape index (κ2) is 12.4. The van der Waals surface area contributed by atoms with Gasteiger partial charge in [0.25, 0.3) is 0 Å². The molecule has 0 radical (unpaired) electrons. The topological polar surface area (TPSA) is 192 Å². The molecule has 0 unspecified atom stereocenters. The molecule has 5 N–H and O–H groups in total. The van der Waals surface area contributed by atoms with Crippen LogP contribution >= 0.6 is 0 Å². The average molecular weight is 244 g/mol. The minimum absolute atomic E-state index is 0. The number of hydrogen-bond donors (Lipinski definition) is 5. The molecule has 0 aromatic carbocycles. The SMILES string of the molecule is O=C(O)O.O=C(O)O.O=S(=O)([O-])O.[Na+]. The molecule has 0 aliphatic heterocycles. The van der Waals surface area contributed by atoms with E-state index in [0.29, 0.717) is 0 Å². The maximum Gasteiger partial charge on any atom is 1.00 e. The van der Waals surface area contributed by atoms with Crippen LogP contribution in [0.4, 0.5) is 9.59 Å². The second-order valence-corrected chi connectivity index (χ2v) is 1.85. The molecular formula is C2H5NaO10S. The second-order valence-electron chi connectivity index (χ2n) is 0.993. The van der Waals surface area contributed by atoms with Gasteiger partial charge in [-0.2, -0.15) is 0 Å². The van der Waals surface area contributed by atoms with Crippen molar-refractivity contribution in [2.75, 3.05) is 0 Å². The Morgan fingerprint density at radius 3 is 0.929 bits per heavy atom. The minimum atomic E-state index is -4.92. The van der Waals surface area contributed by atoms with Crippen molar-refractivity contribution < 1.29 is 77.1 Å². The van der Waals surface area contributed by atoms with Crippen LogP contribution in [0.15, 0.2) is 0 Å². The molecule has 0 rings (SSSR count). The molecule has 10 nitrogen and oxygen atoms in total. The smallest absolute Gasteiger partial charge is 0.726 e. The Morgan fingerprint density at radius 1 is 0.929 bits per heavy atom. The van der Waals surface area contributed by atoms with Gasteiger partial charge < -0.3 is 25.0 Å². The first-order valence-corrected chi connectivity index (χ1v) is 3.35. The van der Waals surface area contributed by atoms with E-state index >= 15 is 0 Å². The third kappa shape index (κ3) is 3550. The summed E-state index contributed by atoms with van der Waals surface area (Å²) in [5.74, 6) is 0. The van der Waals surface area contributed by atoms with Crippen LogP contribution in [0, 0.1) is 0 Å². The van der Waals surface area contributed by atoms with Crippen molar-refractivity contribution in [3.63, 3.8) is 0 Å². The summed E-state index contributed by atoms with van der Waals surface area (Å²) in [5.41, 5.74) is 0. The van der Waals surface area contributed by atoms with Crippen LogP contribution in [0.5, 0.6) is 0 Å². The Balaban J connectivity index is -0.0000000522. The summed E-state index contributed by atoms with van der Waals surface area (Å²) in [5, 5.41) is 27.9. The van der Waals surface area contributed by atoms with Gasteiger partial charge in [-0.1, -0.05) is 0 Å². The maximum absolute atomic E-state index is 8.63. The Kier molecular flexibility index (Phi) is 20.7. The van der Waals surface area contributed by atoms with Crippen LogP contribution in [0.1, 0.15) is 0 Å². The van der Waals surface area contributed by atoms with Gasteiger partial charge >= 0.3 is 41.9 Å².